The topological polar surface area (TPSA) is 17.1 Å². The van der Waals surface area contributed by atoms with E-state index in [4.69, 9.17) is 0 Å². The first-order valence-electron chi connectivity index (χ1n) is 11.3. The zero-order valence-corrected chi connectivity index (χ0v) is 21.6. The number of hydrogen-bond donors (Lipinski definition) is 0. The quantitative estimate of drug-likeness (QED) is 0.0942. The maximum absolute atomic E-state index is 13.3. The first-order chi connectivity index (χ1) is 17.1. The molecule has 0 radical (unpaired) electrons. The van der Waals surface area contributed by atoms with Crippen molar-refractivity contribution in [2.75, 3.05) is 0 Å². The van der Waals surface area contributed by atoms with Crippen LogP contribution in [-0.2, 0) is 0 Å². The number of hydrogen-bond acceptors (Lipinski definition) is 1. The Morgan fingerprint density at radius 2 is 1.14 bits per heavy atom. The molecular formula is C28H23F6OPS. The molecule has 0 fully saturated rings. The molecule has 0 saturated carbocycles. The molecule has 194 valence electrons. The first kappa shape index (κ1) is 26.8. The SMILES string of the molecule is CC(C)c1ccc2c(c1)c(=O)c1ccccc1[s+]2-c1ccc(-c2ccccc2)cc1.F[P-](F)(F)(F)(F)F. The van der Waals surface area contributed by atoms with E-state index in [2.05, 4.69) is 86.6 Å². The molecule has 4 aromatic carbocycles. The third-order valence-electron chi connectivity index (χ3n) is 5.68. The summed E-state index contributed by atoms with van der Waals surface area (Å²) in [6, 6.07) is 33.8. The van der Waals surface area contributed by atoms with Crippen molar-refractivity contribution in [2.45, 2.75) is 19.8 Å². The fourth-order valence-electron chi connectivity index (χ4n) is 4.03. The second-order valence-corrected chi connectivity index (χ2v) is 12.8. The first-order valence-corrected chi connectivity index (χ1v) is 14.6. The van der Waals surface area contributed by atoms with E-state index in [0.717, 1.165) is 20.2 Å². The van der Waals surface area contributed by atoms with E-state index in [-0.39, 0.29) is 15.9 Å². The fraction of sp³-hybridized carbons (Fsp3) is 0.107. The Kier molecular flexibility index (Phi) is 6.50. The number of fused-ring (bicyclic) bond motifs is 2. The van der Waals surface area contributed by atoms with Gasteiger partial charge in [0, 0.05) is 10.5 Å². The Morgan fingerprint density at radius 3 is 1.73 bits per heavy atom. The number of rotatable bonds is 3. The van der Waals surface area contributed by atoms with Gasteiger partial charge in [0.05, 0.1) is 10.8 Å². The van der Waals surface area contributed by atoms with Gasteiger partial charge < -0.3 is 0 Å². The fourth-order valence-corrected chi connectivity index (χ4v) is 6.35. The van der Waals surface area contributed by atoms with Crippen LogP contribution in [0.15, 0.2) is 102 Å². The van der Waals surface area contributed by atoms with Crippen LogP contribution in [0.4, 0.5) is 25.2 Å². The zero-order valence-electron chi connectivity index (χ0n) is 19.8. The summed E-state index contributed by atoms with van der Waals surface area (Å²) >= 11 is 0. The standard InChI is InChI=1S/C28H23OS.F6P/c1-19(2)22-14-17-27-25(18-22)28(29)24-10-6-7-11-26(24)30(27)23-15-12-21(13-16-23)20-8-4-3-5-9-20;1-7(2,3,4,5)6/h3-19H,1-2H3;/q+1;-1. The predicted octanol–water partition coefficient (Wildman–Crippen LogP) is 11.3. The summed E-state index contributed by atoms with van der Waals surface area (Å²) in [5, 5.41) is 1.69. The average Bonchev–Trinajstić information content (AvgIpc) is 2.83. The molecule has 0 bridgehead atoms. The predicted molar refractivity (Wildman–Crippen MR) is 145 cm³/mol. The molecule has 5 rings (SSSR count). The van der Waals surface area contributed by atoms with Crippen molar-refractivity contribution in [1.29, 1.82) is 0 Å². The Morgan fingerprint density at radius 1 is 0.622 bits per heavy atom. The third kappa shape index (κ3) is 6.96. The van der Waals surface area contributed by atoms with Crippen LogP contribution in [0.1, 0.15) is 25.3 Å². The molecular weight excluding hydrogens is 529 g/mol. The van der Waals surface area contributed by atoms with Crippen molar-refractivity contribution in [3.8, 4) is 16.0 Å². The molecule has 0 saturated heterocycles. The second kappa shape index (κ2) is 8.96. The van der Waals surface area contributed by atoms with Gasteiger partial charge in [-0.15, -0.1) is 0 Å². The molecule has 0 amide bonds. The van der Waals surface area contributed by atoms with Gasteiger partial charge >= 0.3 is 33.0 Å². The molecule has 37 heavy (non-hydrogen) atoms. The van der Waals surface area contributed by atoms with Crippen LogP contribution in [0, 0.1) is 0 Å². The summed E-state index contributed by atoms with van der Waals surface area (Å²) < 4.78 is 61.5. The van der Waals surface area contributed by atoms with Gasteiger partial charge in [-0.25, -0.2) is 0 Å². The van der Waals surface area contributed by atoms with E-state index in [1.54, 1.807) is 0 Å². The molecule has 9 heteroatoms. The summed E-state index contributed by atoms with van der Waals surface area (Å²) in [4.78, 5) is 14.5. The van der Waals surface area contributed by atoms with E-state index in [1.807, 2.05) is 24.3 Å². The van der Waals surface area contributed by atoms with Gasteiger partial charge in [-0.3, -0.25) is 4.79 Å². The van der Waals surface area contributed by atoms with E-state index < -0.39 is 7.81 Å². The van der Waals surface area contributed by atoms with Gasteiger partial charge in [-0.1, -0.05) is 62.4 Å². The molecule has 1 atom stereocenters. The van der Waals surface area contributed by atoms with Crippen molar-refractivity contribution in [3.05, 3.63) is 113 Å². The summed E-state index contributed by atoms with van der Waals surface area (Å²) in [5.41, 5.74) is 3.78. The second-order valence-electron chi connectivity index (χ2n) is 8.89. The minimum atomic E-state index is -10.7. The van der Waals surface area contributed by atoms with E-state index >= 15 is 0 Å². The van der Waals surface area contributed by atoms with E-state index in [0.29, 0.717) is 5.92 Å². The molecule has 1 heterocycles. The summed E-state index contributed by atoms with van der Waals surface area (Å²) in [5.74, 6) is 0.396. The summed E-state index contributed by atoms with van der Waals surface area (Å²) in [6.45, 7) is 4.34. The van der Waals surface area contributed by atoms with Crippen LogP contribution in [0.3, 0.4) is 0 Å². The van der Waals surface area contributed by atoms with Crippen LogP contribution in [0.25, 0.3) is 36.2 Å². The van der Waals surface area contributed by atoms with Gasteiger partial charge in [-0.2, -0.15) is 0 Å². The van der Waals surface area contributed by atoms with Crippen molar-refractivity contribution in [2.24, 2.45) is 0 Å². The molecule has 1 unspecified atom stereocenters. The average molecular weight is 553 g/mol. The monoisotopic (exact) mass is 552 g/mol. The van der Waals surface area contributed by atoms with Crippen molar-refractivity contribution in [3.63, 3.8) is 0 Å². The molecule has 1 nitrogen and oxygen atoms in total. The number of benzene rings is 4. The molecule has 0 aliphatic carbocycles. The summed E-state index contributed by atoms with van der Waals surface area (Å²) in [7, 11) is -10.9. The van der Waals surface area contributed by atoms with Crippen molar-refractivity contribution < 1.29 is 25.2 Å². The molecule has 0 spiro atoms. The Balaban J connectivity index is 0.000000405. The molecule has 0 N–H and O–H groups in total. The third-order valence-corrected chi connectivity index (χ3v) is 8.02. The summed E-state index contributed by atoms with van der Waals surface area (Å²) in [6.07, 6.45) is 0. The molecule has 5 aromatic rings. The molecule has 1 aromatic heterocycles. The van der Waals surface area contributed by atoms with Crippen LogP contribution >= 0.6 is 18.3 Å². The van der Waals surface area contributed by atoms with Gasteiger partial charge in [0.2, 0.25) is 5.43 Å². The van der Waals surface area contributed by atoms with Gasteiger partial charge in [-0.05, 0) is 71.1 Å². The van der Waals surface area contributed by atoms with Crippen LogP contribution in [0.5, 0.6) is 0 Å². The van der Waals surface area contributed by atoms with E-state index in [9.17, 15) is 30.0 Å². The van der Waals surface area contributed by atoms with Gasteiger partial charge in [0.25, 0.3) is 0 Å². The minimum absolute atomic E-state index is 0.146. The maximum atomic E-state index is 13.3. The van der Waals surface area contributed by atoms with Crippen molar-refractivity contribution in [1.82, 2.24) is 0 Å². The van der Waals surface area contributed by atoms with E-state index in [1.165, 1.54) is 21.6 Å². The normalized spacial score (nSPS) is 14.1. The van der Waals surface area contributed by atoms with Crippen LogP contribution < -0.4 is 5.43 Å². The van der Waals surface area contributed by atoms with Crippen LogP contribution in [-0.4, -0.2) is 0 Å². The van der Waals surface area contributed by atoms with Gasteiger partial charge in [0.15, 0.2) is 14.3 Å². The number of halogens is 6. The van der Waals surface area contributed by atoms with Crippen LogP contribution in [0.2, 0.25) is 0 Å². The molecule has 0 aliphatic heterocycles. The Bertz CT molecular complexity index is 1630. The zero-order chi connectivity index (χ0) is 27.1. The molecule has 0 aliphatic rings. The van der Waals surface area contributed by atoms with Gasteiger partial charge in [0.1, 0.15) is 0 Å². The Hall–Kier alpha value is -3.22. The Labute approximate surface area is 212 Å². The van der Waals surface area contributed by atoms with Crippen molar-refractivity contribution >= 4 is 38.5 Å².